The summed E-state index contributed by atoms with van der Waals surface area (Å²) in [5, 5.41) is 16.7. The Balaban J connectivity index is 1.27. The first-order chi connectivity index (χ1) is 15.1. The number of hydrogen-bond acceptors (Lipinski definition) is 8. The fraction of sp³-hybridized carbons (Fsp3) is 0.429. The second-order valence-corrected chi connectivity index (χ2v) is 8.47. The van der Waals surface area contributed by atoms with Crippen molar-refractivity contribution < 1.29 is 9.47 Å². The standard InChI is InChI=1S/C21H24ClN7O2/c1-28-21(31-17-5-3-4-15(22)8-17)25-20(27-28)24-19-13-6-7-14(19)12-29(11-13)16-9-18(30-2)26-23-10-16/h3-5,8-10,13-14,19H,6-7,11-12H2,1-2H3,(H,24,27)/t13-,14+,19?. The lowest BCUT2D eigenvalue weighted by molar-refractivity contribution is 0.373. The zero-order valence-electron chi connectivity index (χ0n) is 17.4. The number of halogens is 1. The van der Waals surface area contributed by atoms with Gasteiger partial charge in [0.2, 0.25) is 11.8 Å². The number of ether oxygens (including phenoxy) is 2. The molecule has 1 aromatic carbocycles. The maximum atomic E-state index is 6.04. The van der Waals surface area contributed by atoms with Crippen LogP contribution in [0.4, 0.5) is 11.6 Å². The predicted octanol–water partition coefficient (Wildman–Crippen LogP) is 3.39. The van der Waals surface area contributed by atoms with Gasteiger partial charge in [0.05, 0.1) is 19.0 Å². The molecule has 3 aromatic rings. The molecule has 5 rings (SSSR count). The van der Waals surface area contributed by atoms with Gasteiger partial charge in [-0.1, -0.05) is 17.7 Å². The fourth-order valence-corrected chi connectivity index (χ4v) is 4.76. The van der Waals surface area contributed by atoms with E-state index >= 15 is 0 Å². The largest absolute Gasteiger partial charge is 0.480 e. The second-order valence-electron chi connectivity index (χ2n) is 8.03. The van der Waals surface area contributed by atoms with Crippen LogP contribution in [0.25, 0.3) is 0 Å². The van der Waals surface area contributed by atoms with E-state index in [2.05, 4.69) is 30.5 Å². The average molecular weight is 442 g/mol. The van der Waals surface area contributed by atoms with Crippen LogP contribution in [0.5, 0.6) is 17.6 Å². The molecule has 2 fully saturated rings. The van der Waals surface area contributed by atoms with Crippen molar-refractivity contribution >= 4 is 23.2 Å². The van der Waals surface area contributed by atoms with Crippen LogP contribution in [0, 0.1) is 11.8 Å². The lowest BCUT2D eigenvalue weighted by atomic mass is 9.92. The van der Waals surface area contributed by atoms with Crippen molar-refractivity contribution in [1.29, 1.82) is 0 Å². The van der Waals surface area contributed by atoms with Crippen molar-refractivity contribution in [2.24, 2.45) is 18.9 Å². The Morgan fingerprint density at radius 3 is 2.71 bits per heavy atom. The van der Waals surface area contributed by atoms with Crippen LogP contribution in [-0.4, -0.2) is 51.2 Å². The van der Waals surface area contributed by atoms with Gasteiger partial charge in [0.25, 0.3) is 0 Å². The van der Waals surface area contributed by atoms with E-state index in [0.717, 1.165) is 18.8 Å². The molecule has 1 saturated carbocycles. The Hall–Kier alpha value is -3.07. The molecule has 31 heavy (non-hydrogen) atoms. The smallest absolute Gasteiger partial charge is 0.321 e. The van der Waals surface area contributed by atoms with Crippen LogP contribution in [0.2, 0.25) is 5.02 Å². The predicted molar refractivity (Wildman–Crippen MR) is 117 cm³/mol. The third-order valence-corrected chi connectivity index (χ3v) is 6.28. The molecule has 9 nitrogen and oxygen atoms in total. The Kier molecular flexibility index (Phi) is 5.27. The van der Waals surface area contributed by atoms with Crippen LogP contribution in [0.3, 0.4) is 0 Å². The Morgan fingerprint density at radius 1 is 1.16 bits per heavy atom. The number of benzene rings is 1. The van der Waals surface area contributed by atoms with Gasteiger partial charge in [0.15, 0.2) is 0 Å². The molecule has 10 heteroatoms. The van der Waals surface area contributed by atoms with Gasteiger partial charge >= 0.3 is 6.01 Å². The first kappa shape index (κ1) is 19.9. The third kappa shape index (κ3) is 4.10. The summed E-state index contributed by atoms with van der Waals surface area (Å²) in [6, 6.07) is 9.93. The summed E-state index contributed by atoms with van der Waals surface area (Å²) in [6.07, 6.45) is 4.15. The number of hydrogen-bond donors (Lipinski definition) is 1. The highest BCUT2D eigenvalue weighted by molar-refractivity contribution is 6.30. The Labute approximate surface area is 185 Å². The van der Waals surface area contributed by atoms with Gasteiger partial charge in [0, 0.05) is 37.3 Å². The maximum Gasteiger partial charge on any atom is 0.321 e. The minimum absolute atomic E-state index is 0.328. The van der Waals surface area contributed by atoms with E-state index in [1.54, 1.807) is 30.1 Å². The average Bonchev–Trinajstić information content (AvgIpc) is 3.21. The van der Waals surface area contributed by atoms with E-state index in [1.165, 1.54) is 12.8 Å². The quantitative estimate of drug-likeness (QED) is 0.622. The van der Waals surface area contributed by atoms with Crippen LogP contribution in [-0.2, 0) is 7.05 Å². The number of rotatable bonds is 6. The molecular weight excluding hydrogens is 418 g/mol. The van der Waals surface area contributed by atoms with Gasteiger partial charge in [-0.15, -0.1) is 10.2 Å². The van der Waals surface area contributed by atoms with Gasteiger partial charge in [-0.05, 0) is 42.9 Å². The van der Waals surface area contributed by atoms with Gasteiger partial charge in [-0.25, -0.2) is 4.68 Å². The molecule has 1 saturated heterocycles. The number of anilines is 2. The summed E-state index contributed by atoms with van der Waals surface area (Å²) >= 11 is 6.04. The van der Waals surface area contributed by atoms with E-state index in [4.69, 9.17) is 21.1 Å². The topological polar surface area (TPSA) is 90.2 Å². The molecule has 162 valence electrons. The molecule has 2 aliphatic rings. The van der Waals surface area contributed by atoms with E-state index < -0.39 is 0 Å². The summed E-state index contributed by atoms with van der Waals surface area (Å²) < 4.78 is 12.7. The van der Waals surface area contributed by atoms with Gasteiger partial charge in [0.1, 0.15) is 5.75 Å². The van der Waals surface area contributed by atoms with E-state index in [-0.39, 0.29) is 0 Å². The number of piperidine rings is 1. The van der Waals surface area contributed by atoms with Crippen molar-refractivity contribution in [2.75, 3.05) is 30.4 Å². The highest BCUT2D eigenvalue weighted by atomic mass is 35.5. The zero-order valence-corrected chi connectivity index (χ0v) is 18.2. The van der Waals surface area contributed by atoms with Crippen LogP contribution < -0.4 is 19.7 Å². The number of aryl methyl sites for hydroxylation is 1. The summed E-state index contributed by atoms with van der Waals surface area (Å²) in [4.78, 5) is 6.92. The SMILES string of the molecule is COc1cc(N2C[C@H]3CC[C@@H](C2)C3Nc2nc(Oc3cccc(Cl)c3)n(C)n2)cnn1. The fourth-order valence-electron chi connectivity index (χ4n) is 4.58. The normalized spacial score (nSPS) is 22.4. The summed E-state index contributed by atoms with van der Waals surface area (Å²) in [5.74, 6) is 2.75. The highest BCUT2D eigenvalue weighted by Gasteiger charge is 2.42. The van der Waals surface area contributed by atoms with E-state index in [0.29, 0.717) is 46.5 Å². The summed E-state index contributed by atoms with van der Waals surface area (Å²) in [5.41, 5.74) is 1.05. The molecule has 0 radical (unpaired) electrons. The minimum Gasteiger partial charge on any atom is -0.480 e. The number of aromatic nitrogens is 5. The molecule has 1 N–H and O–H groups in total. The molecule has 0 amide bonds. The monoisotopic (exact) mass is 441 g/mol. The van der Waals surface area contributed by atoms with Crippen molar-refractivity contribution in [2.45, 2.75) is 18.9 Å². The first-order valence-corrected chi connectivity index (χ1v) is 10.7. The number of fused-ring (bicyclic) bond motifs is 2. The minimum atomic E-state index is 0.328. The molecule has 1 unspecified atom stereocenters. The molecule has 0 spiro atoms. The summed E-state index contributed by atoms with van der Waals surface area (Å²) in [6.45, 7) is 1.89. The Morgan fingerprint density at radius 2 is 1.97 bits per heavy atom. The lowest BCUT2D eigenvalue weighted by Crippen LogP contribution is -2.48. The number of methoxy groups -OCH3 is 1. The van der Waals surface area contributed by atoms with Crippen LogP contribution >= 0.6 is 11.6 Å². The van der Waals surface area contributed by atoms with E-state index in [1.807, 2.05) is 25.2 Å². The highest BCUT2D eigenvalue weighted by Crippen LogP contribution is 2.40. The van der Waals surface area contributed by atoms with Crippen molar-refractivity contribution in [1.82, 2.24) is 25.0 Å². The maximum absolute atomic E-state index is 6.04. The van der Waals surface area contributed by atoms with Gasteiger partial charge in [-0.3, -0.25) is 0 Å². The molecule has 1 aliphatic carbocycles. The molecule has 3 heterocycles. The van der Waals surface area contributed by atoms with Gasteiger partial charge in [-0.2, -0.15) is 10.1 Å². The second kappa shape index (κ2) is 8.22. The van der Waals surface area contributed by atoms with Crippen LogP contribution in [0.1, 0.15) is 12.8 Å². The molecular formula is C21H24ClN7O2. The molecule has 1 aliphatic heterocycles. The van der Waals surface area contributed by atoms with Crippen LogP contribution in [0.15, 0.2) is 36.5 Å². The molecule has 3 atom stereocenters. The lowest BCUT2D eigenvalue weighted by Gasteiger charge is -2.39. The van der Waals surface area contributed by atoms with Gasteiger partial charge < -0.3 is 19.7 Å². The Bertz CT molecular complexity index is 1060. The van der Waals surface area contributed by atoms with Crippen molar-refractivity contribution in [3.8, 4) is 17.6 Å². The summed E-state index contributed by atoms with van der Waals surface area (Å²) in [7, 11) is 3.43. The molecule has 2 aromatic heterocycles. The third-order valence-electron chi connectivity index (χ3n) is 6.05. The first-order valence-electron chi connectivity index (χ1n) is 10.3. The number of nitrogens with zero attached hydrogens (tertiary/aromatic N) is 6. The number of nitrogens with one attached hydrogen (secondary N) is 1. The zero-order chi connectivity index (χ0) is 21.4. The van der Waals surface area contributed by atoms with E-state index in [9.17, 15) is 0 Å². The van der Waals surface area contributed by atoms with Crippen molar-refractivity contribution in [3.63, 3.8) is 0 Å². The van der Waals surface area contributed by atoms with Crippen molar-refractivity contribution in [3.05, 3.63) is 41.6 Å². The molecule has 2 bridgehead atoms.